The van der Waals surface area contributed by atoms with Gasteiger partial charge in [-0.1, -0.05) is 0 Å². The molecule has 0 aliphatic carbocycles. The van der Waals surface area contributed by atoms with Crippen LogP contribution in [0.25, 0.3) is 6.08 Å². The first-order valence-corrected chi connectivity index (χ1v) is 6.60. The van der Waals surface area contributed by atoms with Crippen molar-refractivity contribution in [3.8, 4) is 11.5 Å². The molecule has 0 saturated carbocycles. The molecule has 2 aromatic rings. The van der Waals surface area contributed by atoms with E-state index in [9.17, 15) is 9.59 Å². The van der Waals surface area contributed by atoms with Gasteiger partial charge in [-0.15, -0.1) is 0 Å². The molecule has 0 bridgehead atoms. The Morgan fingerprint density at radius 3 is 2.68 bits per heavy atom. The summed E-state index contributed by atoms with van der Waals surface area (Å²) in [6.45, 7) is 1.52. The summed E-state index contributed by atoms with van der Waals surface area (Å²) in [6, 6.07) is 6.60. The quantitative estimate of drug-likeness (QED) is 0.694. The van der Waals surface area contributed by atoms with Crippen molar-refractivity contribution in [2.24, 2.45) is 0 Å². The molecule has 1 N–H and O–H groups in total. The van der Waals surface area contributed by atoms with Gasteiger partial charge < -0.3 is 19.2 Å². The van der Waals surface area contributed by atoms with Crippen LogP contribution in [0.5, 0.6) is 11.5 Å². The smallest absolute Gasteiger partial charge is 0.248 e. The van der Waals surface area contributed by atoms with Crippen LogP contribution < -0.4 is 14.8 Å². The molecule has 0 radical (unpaired) electrons. The van der Waals surface area contributed by atoms with Crippen molar-refractivity contribution in [3.63, 3.8) is 0 Å². The second-order valence-electron chi connectivity index (χ2n) is 4.65. The molecule has 112 valence electrons. The number of Topliss-reactive ketones (excluding diaryl/α,β-unsaturated/α-hetero) is 1. The summed E-state index contributed by atoms with van der Waals surface area (Å²) in [5.74, 6) is 0.999. The average Bonchev–Trinajstić information content (AvgIpc) is 3.15. The van der Waals surface area contributed by atoms with E-state index in [0.29, 0.717) is 28.5 Å². The number of carbonyl (C=O) groups is 2. The highest BCUT2D eigenvalue weighted by molar-refractivity contribution is 6.08. The molecule has 1 aliphatic rings. The van der Waals surface area contributed by atoms with Gasteiger partial charge >= 0.3 is 0 Å². The minimum atomic E-state index is -0.377. The van der Waals surface area contributed by atoms with Crippen molar-refractivity contribution in [1.82, 2.24) is 0 Å². The molecule has 0 saturated heterocycles. The van der Waals surface area contributed by atoms with Crippen LogP contribution in [-0.4, -0.2) is 18.5 Å². The summed E-state index contributed by atoms with van der Waals surface area (Å²) in [4.78, 5) is 23.7. The van der Waals surface area contributed by atoms with Gasteiger partial charge in [0.2, 0.25) is 12.7 Å². The number of hydrogen-bond acceptors (Lipinski definition) is 5. The summed E-state index contributed by atoms with van der Waals surface area (Å²) in [6.07, 6.45) is 4.38. The number of benzene rings is 1. The molecule has 1 aromatic heterocycles. The van der Waals surface area contributed by atoms with Crippen LogP contribution >= 0.6 is 0 Å². The van der Waals surface area contributed by atoms with Crippen LogP contribution in [0, 0.1) is 0 Å². The summed E-state index contributed by atoms with van der Waals surface area (Å²) in [5, 5.41) is 2.66. The maximum Gasteiger partial charge on any atom is 0.248 e. The second kappa shape index (κ2) is 5.77. The van der Waals surface area contributed by atoms with E-state index in [1.165, 1.54) is 25.3 Å². The summed E-state index contributed by atoms with van der Waals surface area (Å²) in [7, 11) is 0. The highest BCUT2D eigenvalue weighted by Gasteiger charge is 2.19. The summed E-state index contributed by atoms with van der Waals surface area (Å²) < 4.78 is 15.6. The van der Waals surface area contributed by atoms with Crippen LogP contribution in [0.1, 0.15) is 23.0 Å². The number of anilines is 1. The number of furan rings is 1. The second-order valence-corrected chi connectivity index (χ2v) is 4.65. The Balaban J connectivity index is 1.82. The Hall–Kier alpha value is -3.02. The van der Waals surface area contributed by atoms with Crippen molar-refractivity contribution < 1.29 is 23.5 Å². The van der Waals surface area contributed by atoms with Gasteiger partial charge in [0.1, 0.15) is 5.76 Å². The Morgan fingerprint density at radius 1 is 1.23 bits per heavy atom. The molecule has 0 atom stereocenters. The zero-order chi connectivity index (χ0) is 15.5. The normalized spacial score (nSPS) is 12.6. The fourth-order valence-electron chi connectivity index (χ4n) is 2.05. The molecule has 0 unspecified atom stereocenters. The third-order valence-electron chi connectivity index (χ3n) is 3.09. The van der Waals surface area contributed by atoms with Crippen molar-refractivity contribution in [2.75, 3.05) is 12.1 Å². The molecule has 1 aliphatic heterocycles. The number of amides is 1. The molecule has 1 aromatic carbocycles. The standard InChI is InChI=1S/C16H13NO5/c1-10(18)12-7-14-15(22-9-21-14)8-13(12)17-16(19)5-4-11-3-2-6-20-11/h2-8H,9H2,1H3,(H,17,19). The third-order valence-corrected chi connectivity index (χ3v) is 3.09. The van der Waals surface area contributed by atoms with Gasteiger partial charge in [-0.2, -0.15) is 0 Å². The topological polar surface area (TPSA) is 77.8 Å². The molecule has 0 spiro atoms. The zero-order valence-electron chi connectivity index (χ0n) is 11.8. The van der Waals surface area contributed by atoms with Crippen molar-refractivity contribution >= 4 is 23.5 Å². The van der Waals surface area contributed by atoms with Gasteiger partial charge in [-0.3, -0.25) is 9.59 Å². The van der Waals surface area contributed by atoms with Crippen molar-refractivity contribution in [3.05, 3.63) is 47.9 Å². The molecular weight excluding hydrogens is 286 g/mol. The van der Waals surface area contributed by atoms with E-state index in [1.807, 2.05) is 0 Å². The minimum absolute atomic E-state index is 0.0997. The molecule has 6 nitrogen and oxygen atoms in total. The molecular formula is C16H13NO5. The Bertz CT molecular complexity index is 746. The van der Waals surface area contributed by atoms with Crippen LogP contribution in [-0.2, 0) is 4.79 Å². The predicted molar refractivity (Wildman–Crippen MR) is 78.9 cm³/mol. The van der Waals surface area contributed by atoms with E-state index in [4.69, 9.17) is 13.9 Å². The number of nitrogens with one attached hydrogen (secondary N) is 1. The highest BCUT2D eigenvalue weighted by atomic mass is 16.7. The number of hydrogen-bond donors (Lipinski definition) is 1. The number of carbonyl (C=O) groups excluding carboxylic acids is 2. The first kappa shape index (κ1) is 13.9. The maximum atomic E-state index is 12.0. The van der Waals surface area contributed by atoms with Gasteiger partial charge in [0.05, 0.1) is 12.0 Å². The molecule has 22 heavy (non-hydrogen) atoms. The summed E-state index contributed by atoms with van der Waals surface area (Å²) in [5.41, 5.74) is 0.745. The number of ether oxygens (including phenoxy) is 2. The van der Waals surface area contributed by atoms with E-state index in [1.54, 1.807) is 24.3 Å². The van der Waals surface area contributed by atoms with Crippen LogP contribution in [0.3, 0.4) is 0 Å². The summed E-state index contributed by atoms with van der Waals surface area (Å²) >= 11 is 0. The Morgan fingerprint density at radius 2 is 2.00 bits per heavy atom. The van der Waals surface area contributed by atoms with Crippen LogP contribution in [0.15, 0.2) is 41.0 Å². The number of fused-ring (bicyclic) bond motifs is 1. The number of ketones is 1. The van der Waals surface area contributed by atoms with Gasteiger partial charge in [0.15, 0.2) is 17.3 Å². The van der Waals surface area contributed by atoms with Crippen molar-refractivity contribution in [2.45, 2.75) is 6.92 Å². The maximum absolute atomic E-state index is 12.0. The van der Waals surface area contributed by atoms with E-state index in [-0.39, 0.29) is 18.5 Å². The SMILES string of the molecule is CC(=O)c1cc2c(cc1NC(=O)C=Cc1ccco1)OCO2. The van der Waals surface area contributed by atoms with Crippen molar-refractivity contribution in [1.29, 1.82) is 0 Å². The lowest BCUT2D eigenvalue weighted by Gasteiger charge is -2.09. The lowest BCUT2D eigenvalue weighted by atomic mass is 10.1. The van der Waals surface area contributed by atoms with E-state index in [2.05, 4.69) is 5.32 Å². The molecule has 2 heterocycles. The lowest BCUT2D eigenvalue weighted by molar-refractivity contribution is -0.111. The fraction of sp³-hybridized carbons (Fsp3) is 0.125. The van der Waals surface area contributed by atoms with Crippen LogP contribution in [0.2, 0.25) is 0 Å². The largest absolute Gasteiger partial charge is 0.465 e. The van der Waals surface area contributed by atoms with Gasteiger partial charge in [-0.05, 0) is 31.2 Å². The van der Waals surface area contributed by atoms with Crippen LogP contribution in [0.4, 0.5) is 5.69 Å². The zero-order valence-corrected chi connectivity index (χ0v) is 11.8. The monoisotopic (exact) mass is 299 g/mol. The highest BCUT2D eigenvalue weighted by Crippen LogP contribution is 2.37. The molecule has 3 rings (SSSR count). The van der Waals surface area contributed by atoms with E-state index < -0.39 is 0 Å². The van der Waals surface area contributed by atoms with Gasteiger partial charge in [-0.25, -0.2) is 0 Å². The predicted octanol–water partition coefficient (Wildman–Crippen LogP) is 2.86. The van der Waals surface area contributed by atoms with E-state index in [0.717, 1.165) is 0 Å². The van der Waals surface area contributed by atoms with Gasteiger partial charge in [0, 0.05) is 17.7 Å². The average molecular weight is 299 g/mol. The first-order chi connectivity index (χ1) is 10.6. The lowest BCUT2D eigenvalue weighted by Crippen LogP contribution is -2.11. The van der Waals surface area contributed by atoms with Gasteiger partial charge in [0.25, 0.3) is 0 Å². The molecule has 1 amide bonds. The number of rotatable bonds is 4. The van der Waals surface area contributed by atoms with E-state index >= 15 is 0 Å². The minimum Gasteiger partial charge on any atom is -0.465 e. The Kier molecular flexibility index (Phi) is 3.65. The fourth-order valence-corrected chi connectivity index (χ4v) is 2.05. The Labute approximate surface area is 126 Å². The first-order valence-electron chi connectivity index (χ1n) is 6.60. The molecule has 0 fully saturated rings. The molecule has 6 heteroatoms. The third kappa shape index (κ3) is 2.85.